The van der Waals surface area contributed by atoms with Crippen LogP contribution in [0.2, 0.25) is 0 Å². The highest BCUT2D eigenvalue weighted by molar-refractivity contribution is 7.18. The van der Waals surface area contributed by atoms with Crippen molar-refractivity contribution in [1.82, 2.24) is 0 Å². The van der Waals surface area contributed by atoms with Gasteiger partial charge in [0.05, 0.1) is 0 Å². The molecule has 0 aromatic heterocycles. The summed E-state index contributed by atoms with van der Waals surface area (Å²) in [4.78, 5) is 0. The highest BCUT2D eigenvalue weighted by atomic mass is 31.0. The van der Waals surface area contributed by atoms with Gasteiger partial charge in [-0.1, -0.05) is 21.4 Å². The fourth-order valence-corrected chi connectivity index (χ4v) is 1.59. The third-order valence-electron chi connectivity index (χ3n) is 2.16. The van der Waals surface area contributed by atoms with E-state index in [0.717, 1.165) is 12.1 Å². The molecule has 0 heterocycles. The topological polar surface area (TPSA) is 26.0 Å². The Bertz CT molecular complexity index is 379. The molecule has 1 rings (SSSR count). The molecule has 2 N–H and O–H groups in total. The Morgan fingerprint density at radius 1 is 0.882 bits per heavy atom. The van der Waals surface area contributed by atoms with Crippen LogP contribution in [0.1, 0.15) is 5.56 Å². The first-order valence-corrected chi connectivity index (χ1v) is 4.86. The zero-order chi connectivity index (χ0) is 13.5. The van der Waals surface area contributed by atoms with Crippen LogP contribution in [-0.4, -0.2) is 11.8 Å². The van der Waals surface area contributed by atoms with Crippen molar-refractivity contribution in [3.8, 4) is 0 Å². The van der Waals surface area contributed by atoms with Gasteiger partial charge >= 0.3 is 11.8 Å². The molecule has 17 heavy (non-hydrogen) atoms. The molecule has 2 unspecified atom stereocenters. The van der Waals surface area contributed by atoms with Crippen LogP contribution in [0.4, 0.5) is 32.0 Å². The van der Waals surface area contributed by atoms with E-state index in [4.69, 9.17) is 5.73 Å². The smallest absolute Gasteiger partial charge is 0.399 e. The van der Waals surface area contributed by atoms with E-state index in [1.54, 1.807) is 0 Å². The second-order valence-electron chi connectivity index (χ2n) is 3.40. The highest BCUT2D eigenvalue weighted by Gasteiger charge is 2.70. The summed E-state index contributed by atoms with van der Waals surface area (Å²) in [6.45, 7) is 0. The Kier molecular flexibility index (Phi) is 3.36. The van der Waals surface area contributed by atoms with Gasteiger partial charge in [0.2, 0.25) is 0 Å². The zero-order valence-corrected chi connectivity index (χ0v) is 9.39. The molecular formula is C9H8F6NP. The van der Waals surface area contributed by atoms with Gasteiger partial charge < -0.3 is 5.73 Å². The number of anilines is 1. The van der Waals surface area contributed by atoms with Crippen LogP contribution in [0.25, 0.3) is 0 Å². The van der Waals surface area contributed by atoms with Gasteiger partial charge in [-0.2, -0.15) is 22.0 Å². The summed E-state index contributed by atoms with van der Waals surface area (Å²) in [5.74, 6) is 0. The van der Waals surface area contributed by atoms with Gasteiger partial charge in [-0.3, -0.25) is 0 Å². The number of nitrogens with two attached hydrogens (primary N) is 1. The minimum absolute atomic E-state index is 0.0466. The molecule has 1 aromatic rings. The van der Waals surface area contributed by atoms with Gasteiger partial charge in [-0.15, -0.1) is 0 Å². The Balaban J connectivity index is 3.41. The monoisotopic (exact) mass is 275 g/mol. The Labute approximate surface area is 95.2 Å². The van der Waals surface area contributed by atoms with Crippen LogP contribution in [0.15, 0.2) is 24.3 Å². The molecule has 0 fully saturated rings. The lowest BCUT2D eigenvalue weighted by molar-refractivity contribution is -0.284. The second-order valence-corrected chi connectivity index (χ2v) is 4.13. The number of halogens is 6. The van der Waals surface area contributed by atoms with Crippen molar-refractivity contribution in [2.75, 3.05) is 5.73 Å². The maximum absolute atomic E-state index is 13.7. The summed E-state index contributed by atoms with van der Waals surface area (Å²) in [6.07, 6.45) is -5.74. The Morgan fingerprint density at radius 3 is 1.59 bits per heavy atom. The van der Waals surface area contributed by atoms with E-state index < -0.39 is 23.1 Å². The van der Waals surface area contributed by atoms with E-state index >= 15 is 0 Å². The number of hydrogen-bond donors (Lipinski definition) is 1. The Hall–Kier alpha value is -0.970. The molecule has 0 aliphatic carbocycles. The van der Waals surface area contributed by atoms with Gasteiger partial charge in [0.15, 0.2) is 0 Å². The standard InChI is InChI=1S/C9H8F6NP/c10-7(8(11,12)13,9(14,15)17)5-1-3-6(16)4-2-5/h1-4H,16-17H2. The first-order chi connectivity index (χ1) is 7.50. The largest absolute Gasteiger partial charge is 0.433 e. The Morgan fingerprint density at radius 2 is 1.29 bits per heavy atom. The van der Waals surface area contributed by atoms with Crippen molar-refractivity contribution in [1.29, 1.82) is 0 Å². The summed E-state index contributed by atoms with van der Waals surface area (Å²) >= 11 is 0. The molecule has 2 atom stereocenters. The summed E-state index contributed by atoms with van der Waals surface area (Å²) in [7, 11) is 0.573. The molecule has 8 heteroatoms. The zero-order valence-electron chi connectivity index (χ0n) is 8.23. The van der Waals surface area contributed by atoms with E-state index in [-0.39, 0.29) is 5.69 Å². The van der Waals surface area contributed by atoms with Crippen LogP contribution in [0.5, 0.6) is 0 Å². The molecule has 0 bridgehead atoms. The van der Waals surface area contributed by atoms with Crippen molar-refractivity contribution < 1.29 is 26.3 Å². The number of alkyl halides is 6. The third-order valence-corrected chi connectivity index (χ3v) is 2.56. The lowest BCUT2D eigenvalue weighted by atomic mass is 9.95. The van der Waals surface area contributed by atoms with Crippen molar-refractivity contribution in [3.63, 3.8) is 0 Å². The quantitative estimate of drug-likeness (QED) is 0.499. The maximum Gasteiger partial charge on any atom is 0.433 e. The van der Waals surface area contributed by atoms with Crippen LogP contribution < -0.4 is 5.73 Å². The summed E-state index contributed by atoms with van der Waals surface area (Å²) in [5.41, 5.74) is -5.40. The van der Waals surface area contributed by atoms with Gasteiger partial charge in [-0.05, 0) is 12.1 Å². The predicted octanol–water partition coefficient (Wildman–Crippen LogP) is 3.46. The van der Waals surface area contributed by atoms with Gasteiger partial charge in [-0.25, -0.2) is 4.39 Å². The van der Waals surface area contributed by atoms with E-state index in [2.05, 4.69) is 0 Å². The minimum Gasteiger partial charge on any atom is -0.399 e. The lowest BCUT2D eigenvalue weighted by Crippen LogP contribution is -2.49. The molecule has 1 nitrogen and oxygen atoms in total. The van der Waals surface area contributed by atoms with E-state index in [0.29, 0.717) is 21.4 Å². The van der Waals surface area contributed by atoms with Crippen molar-refractivity contribution in [3.05, 3.63) is 29.8 Å². The van der Waals surface area contributed by atoms with Crippen molar-refractivity contribution >= 4 is 14.9 Å². The second kappa shape index (κ2) is 4.05. The van der Waals surface area contributed by atoms with Crippen LogP contribution in [-0.2, 0) is 5.67 Å². The van der Waals surface area contributed by atoms with Gasteiger partial charge in [0.25, 0.3) is 5.67 Å². The van der Waals surface area contributed by atoms with Gasteiger partial charge in [0.1, 0.15) is 0 Å². The molecular weight excluding hydrogens is 267 g/mol. The molecule has 0 aliphatic heterocycles. The maximum atomic E-state index is 13.7. The molecule has 0 saturated heterocycles. The van der Waals surface area contributed by atoms with E-state index in [1.807, 2.05) is 0 Å². The first-order valence-electron chi connectivity index (χ1n) is 4.28. The number of nitrogen functional groups attached to an aromatic ring is 1. The lowest BCUT2D eigenvalue weighted by Gasteiger charge is -2.33. The first kappa shape index (κ1) is 14.1. The molecule has 1 aromatic carbocycles. The van der Waals surface area contributed by atoms with Crippen LogP contribution in [0.3, 0.4) is 0 Å². The molecule has 0 amide bonds. The number of rotatable bonds is 2. The van der Waals surface area contributed by atoms with Gasteiger partial charge in [0, 0.05) is 11.3 Å². The third kappa shape index (κ3) is 2.34. The average molecular weight is 275 g/mol. The molecule has 0 spiro atoms. The molecule has 0 radical (unpaired) electrons. The number of benzene rings is 1. The summed E-state index contributed by atoms with van der Waals surface area (Å²) < 4.78 is 77.0. The normalized spacial score (nSPS) is 16.6. The fraction of sp³-hybridized carbons (Fsp3) is 0.333. The molecule has 0 saturated carbocycles. The van der Waals surface area contributed by atoms with Crippen molar-refractivity contribution in [2.24, 2.45) is 0 Å². The van der Waals surface area contributed by atoms with Crippen molar-refractivity contribution in [2.45, 2.75) is 17.5 Å². The minimum atomic E-state index is -5.74. The predicted molar refractivity (Wildman–Crippen MR) is 54.4 cm³/mol. The summed E-state index contributed by atoms with van der Waals surface area (Å²) in [5, 5.41) is 0. The van der Waals surface area contributed by atoms with E-state index in [9.17, 15) is 26.3 Å². The average Bonchev–Trinajstić information content (AvgIpc) is 2.14. The fourth-order valence-electron chi connectivity index (χ4n) is 1.26. The SMILES string of the molecule is Nc1ccc(C(F)(C(F)(F)F)C(F)(F)P)cc1. The van der Waals surface area contributed by atoms with Crippen LogP contribution >= 0.6 is 9.24 Å². The highest BCUT2D eigenvalue weighted by Crippen LogP contribution is 2.55. The van der Waals surface area contributed by atoms with E-state index in [1.165, 1.54) is 0 Å². The summed E-state index contributed by atoms with van der Waals surface area (Å²) in [6, 6.07) is 3.01. The molecule has 96 valence electrons. The molecule has 0 aliphatic rings. The number of hydrogen-bond acceptors (Lipinski definition) is 1. The van der Waals surface area contributed by atoms with Crippen LogP contribution in [0, 0.1) is 0 Å².